The quantitative estimate of drug-likeness (QED) is 0.277. The molecule has 3 rings (SSSR count). The van der Waals surface area contributed by atoms with Gasteiger partial charge in [-0.2, -0.15) is 0 Å². The molecule has 0 saturated heterocycles. The van der Waals surface area contributed by atoms with Crippen LogP contribution >= 0.6 is 23.2 Å². The second-order valence-corrected chi connectivity index (χ2v) is 12.1. The Hall–Kier alpha value is -3.14. The van der Waals surface area contributed by atoms with Crippen LogP contribution in [0.5, 0.6) is 0 Å². The van der Waals surface area contributed by atoms with Crippen LogP contribution in [0.2, 0.25) is 10.0 Å². The molecule has 11 heteroatoms. The van der Waals surface area contributed by atoms with Crippen LogP contribution in [0.3, 0.4) is 0 Å². The lowest BCUT2D eigenvalue weighted by atomic mass is 9.90. The van der Waals surface area contributed by atoms with Gasteiger partial charge in [-0.15, -0.1) is 0 Å². The van der Waals surface area contributed by atoms with Crippen molar-refractivity contribution in [1.29, 1.82) is 0 Å². The van der Waals surface area contributed by atoms with Crippen LogP contribution in [0.1, 0.15) is 67.6 Å². The van der Waals surface area contributed by atoms with Crippen molar-refractivity contribution < 1.29 is 18.0 Å². The molecule has 1 heterocycles. The van der Waals surface area contributed by atoms with Crippen LogP contribution < -0.4 is 15.6 Å². The normalized spacial score (nSPS) is 12.2. The molecule has 0 saturated carbocycles. The fourth-order valence-corrected chi connectivity index (χ4v) is 5.06. The lowest BCUT2D eigenvalue weighted by molar-refractivity contribution is -0.121. The van der Waals surface area contributed by atoms with E-state index in [0.29, 0.717) is 33.7 Å². The number of aryl methyl sites for hydroxylation is 1. The van der Waals surface area contributed by atoms with Gasteiger partial charge in [0.2, 0.25) is 15.9 Å². The van der Waals surface area contributed by atoms with Crippen molar-refractivity contribution >= 4 is 50.6 Å². The summed E-state index contributed by atoms with van der Waals surface area (Å²) >= 11 is 12.5. The molecule has 2 aromatic carbocycles. The van der Waals surface area contributed by atoms with Crippen LogP contribution in [0.4, 0.5) is 5.69 Å². The van der Waals surface area contributed by atoms with Crippen LogP contribution in [0.25, 0.3) is 11.1 Å². The molecule has 1 amide bonds. The Morgan fingerprint density at radius 3 is 2.31 bits per heavy atom. The molecule has 0 aliphatic rings. The summed E-state index contributed by atoms with van der Waals surface area (Å²) in [6.45, 7) is 5.23. The van der Waals surface area contributed by atoms with Gasteiger partial charge in [0.25, 0.3) is 5.56 Å². The van der Waals surface area contributed by atoms with Crippen LogP contribution in [0, 0.1) is 0 Å². The summed E-state index contributed by atoms with van der Waals surface area (Å²) in [5, 5.41) is 3.41. The highest BCUT2D eigenvalue weighted by atomic mass is 35.5. The van der Waals surface area contributed by atoms with E-state index < -0.39 is 16.1 Å². The summed E-state index contributed by atoms with van der Waals surface area (Å²) in [6, 6.07) is 10.0. The van der Waals surface area contributed by atoms with E-state index in [0.717, 1.165) is 12.8 Å². The first-order chi connectivity index (χ1) is 18.4. The van der Waals surface area contributed by atoms with Gasteiger partial charge in [0.15, 0.2) is 5.78 Å². The van der Waals surface area contributed by atoms with E-state index in [9.17, 15) is 22.8 Å². The average molecular weight is 593 g/mol. The van der Waals surface area contributed by atoms with E-state index in [1.165, 1.54) is 29.7 Å². The molecule has 0 fully saturated rings. The molecular weight excluding hydrogens is 561 g/mol. The van der Waals surface area contributed by atoms with Crippen molar-refractivity contribution in [3.8, 4) is 11.1 Å². The fourth-order valence-electron chi connectivity index (χ4n) is 4.02. The average Bonchev–Trinajstić information content (AvgIpc) is 2.89. The van der Waals surface area contributed by atoms with Gasteiger partial charge in [0.1, 0.15) is 0 Å². The highest BCUT2D eigenvalue weighted by molar-refractivity contribution is 7.92. The molecule has 208 valence electrons. The van der Waals surface area contributed by atoms with Crippen molar-refractivity contribution in [2.45, 2.75) is 46.1 Å². The molecule has 0 unspecified atom stereocenters. The largest absolute Gasteiger partial charge is 0.350 e. The predicted molar refractivity (Wildman–Crippen MR) is 156 cm³/mol. The molecule has 0 aliphatic carbocycles. The van der Waals surface area contributed by atoms with Crippen molar-refractivity contribution in [2.75, 3.05) is 10.5 Å². The van der Waals surface area contributed by atoms with Crippen molar-refractivity contribution in [1.82, 2.24) is 9.88 Å². The smallest absolute Gasteiger partial charge is 0.250 e. The number of hydrogen-bond donors (Lipinski definition) is 2. The molecule has 1 aromatic heterocycles. The lowest BCUT2D eigenvalue weighted by Gasteiger charge is -2.21. The molecule has 8 nitrogen and oxygen atoms in total. The summed E-state index contributed by atoms with van der Waals surface area (Å²) in [5.41, 5.74) is 1.58. The molecular formula is C28H31Cl2N3O5S. The molecule has 0 radical (unpaired) electrons. The number of ketones is 1. The van der Waals surface area contributed by atoms with E-state index in [1.54, 1.807) is 44.4 Å². The standard InChI is InChI=1S/C28H31Cl2N3O5S/c1-5-7-8-26(34)31-17(3)20-15-27(35)33(4)16-23(20)21-14-25(32-39(37,38)6-2)24(30)13-22(21)28(36)18-9-11-19(29)12-10-18/h9-17,32H,5-8H2,1-4H3,(H,31,34)/t17-/m0/s1. The maximum atomic E-state index is 13.7. The zero-order valence-electron chi connectivity index (χ0n) is 22.2. The number of hydrogen-bond acceptors (Lipinski definition) is 5. The number of nitrogens with one attached hydrogen (secondary N) is 2. The van der Waals surface area contributed by atoms with Crippen molar-refractivity contribution in [3.63, 3.8) is 0 Å². The van der Waals surface area contributed by atoms with Gasteiger partial charge < -0.3 is 9.88 Å². The predicted octanol–water partition coefficient (Wildman–Crippen LogP) is 5.72. The summed E-state index contributed by atoms with van der Waals surface area (Å²) in [7, 11) is -2.13. The third kappa shape index (κ3) is 7.50. The van der Waals surface area contributed by atoms with Crippen LogP contribution in [0.15, 0.2) is 53.5 Å². The molecule has 3 aromatic rings. The summed E-state index contributed by atoms with van der Waals surface area (Å²) in [4.78, 5) is 38.9. The number of carbonyl (C=O) groups excluding carboxylic acids is 2. The SMILES string of the molecule is CCCCC(=O)N[C@@H](C)c1cc(=O)n(C)cc1-c1cc(NS(=O)(=O)CC)c(Cl)cc1C(=O)c1ccc(Cl)cc1. The Balaban J connectivity index is 2.27. The molecule has 0 aliphatic heterocycles. The zero-order valence-corrected chi connectivity index (χ0v) is 24.5. The Bertz CT molecular complexity index is 1550. The third-order valence-electron chi connectivity index (χ3n) is 6.26. The topological polar surface area (TPSA) is 114 Å². The maximum absolute atomic E-state index is 13.7. The number of amides is 1. The fraction of sp³-hybridized carbons (Fsp3) is 0.321. The van der Waals surface area contributed by atoms with E-state index in [2.05, 4.69) is 10.0 Å². The van der Waals surface area contributed by atoms with Crippen LogP contribution in [-0.2, 0) is 21.9 Å². The van der Waals surface area contributed by atoms with Crippen molar-refractivity contribution in [2.24, 2.45) is 7.05 Å². The number of benzene rings is 2. The number of carbonyl (C=O) groups is 2. The maximum Gasteiger partial charge on any atom is 0.250 e. The Morgan fingerprint density at radius 2 is 1.69 bits per heavy atom. The first-order valence-corrected chi connectivity index (χ1v) is 14.9. The van der Waals surface area contributed by atoms with Crippen LogP contribution in [-0.4, -0.2) is 30.4 Å². The number of sulfonamides is 1. The summed E-state index contributed by atoms with van der Waals surface area (Å²) in [5.74, 6) is -0.732. The van der Waals surface area contributed by atoms with Gasteiger partial charge in [-0.1, -0.05) is 36.5 Å². The van der Waals surface area contributed by atoms with E-state index >= 15 is 0 Å². The number of nitrogens with zero attached hydrogens (tertiary/aromatic N) is 1. The van der Waals surface area contributed by atoms with E-state index in [1.807, 2.05) is 6.92 Å². The Morgan fingerprint density at radius 1 is 1.03 bits per heavy atom. The monoisotopic (exact) mass is 591 g/mol. The number of pyridine rings is 1. The minimum absolute atomic E-state index is 0.0281. The minimum atomic E-state index is -3.70. The first kappa shape index (κ1) is 30.4. The lowest BCUT2D eigenvalue weighted by Crippen LogP contribution is -2.28. The molecule has 0 spiro atoms. The minimum Gasteiger partial charge on any atom is -0.350 e. The zero-order chi connectivity index (χ0) is 28.9. The Kier molecular flexibility index (Phi) is 9.98. The summed E-state index contributed by atoms with van der Waals surface area (Å²) < 4.78 is 28.6. The van der Waals surface area contributed by atoms with Gasteiger partial charge in [-0.05, 0) is 67.8 Å². The van der Waals surface area contributed by atoms with Gasteiger partial charge in [0.05, 0.1) is 22.5 Å². The van der Waals surface area contributed by atoms with Gasteiger partial charge in [-0.3, -0.25) is 19.1 Å². The molecule has 0 bridgehead atoms. The van der Waals surface area contributed by atoms with E-state index in [4.69, 9.17) is 23.2 Å². The Labute approximate surface area is 238 Å². The highest BCUT2D eigenvalue weighted by Gasteiger charge is 2.24. The third-order valence-corrected chi connectivity index (χ3v) is 8.11. The van der Waals surface area contributed by atoms with Gasteiger partial charge >= 0.3 is 0 Å². The highest BCUT2D eigenvalue weighted by Crippen LogP contribution is 2.37. The van der Waals surface area contributed by atoms with Crippen molar-refractivity contribution in [3.05, 3.63) is 85.8 Å². The number of halogens is 2. The van der Waals surface area contributed by atoms with Gasteiger partial charge in [0, 0.05) is 47.4 Å². The molecule has 39 heavy (non-hydrogen) atoms. The van der Waals surface area contributed by atoms with E-state index in [-0.39, 0.29) is 39.3 Å². The summed E-state index contributed by atoms with van der Waals surface area (Å²) in [6.07, 6.45) is 3.48. The number of aromatic nitrogens is 1. The van der Waals surface area contributed by atoms with Gasteiger partial charge in [-0.25, -0.2) is 8.42 Å². The second kappa shape index (κ2) is 12.8. The first-order valence-electron chi connectivity index (χ1n) is 12.5. The number of anilines is 1. The molecule has 1 atom stereocenters. The number of unbranched alkanes of at least 4 members (excludes halogenated alkanes) is 1. The second-order valence-electron chi connectivity index (χ2n) is 9.20. The number of rotatable bonds is 11. The molecule has 2 N–H and O–H groups in total.